The Labute approximate surface area is 132 Å². The van der Waals surface area contributed by atoms with E-state index < -0.39 is 11.9 Å². The van der Waals surface area contributed by atoms with Crippen LogP contribution in [0.25, 0.3) is 0 Å². The second-order valence-electron chi connectivity index (χ2n) is 6.45. The first-order chi connectivity index (χ1) is 11.1. The Morgan fingerprint density at radius 2 is 2.17 bits per heavy atom. The Balaban J connectivity index is 1.78. The quantitative estimate of drug-likeness (QED) is 0.882. The Kier molecular flexibility index (Phi) is 3.26. The van der Waals surface area contributed by atoms with Gasteiger partial charge in [0.15, 0.2) is 5.82 Å². The van der Waals surface area contributed by atoms with E-state index in [4.69, 9.17) is 10.5 Å². The number of hydrogen-bond donors (Lipinski definition) is 2. The second-order valence-corrected chi connectivity index (χ2v) is 6.45. The van der Waals surface area contributed by atoms with Crippen molar-refractivity contribution in [2.45, 2.75) is 31.8 Å². The largest absolute Gasteiger partial charge is 0.443 e. The van der Waals surface area contributed by atoms with Crippen molar-refractivity contribution in [2.75, 3.05) is 23.3 Å². The van der Waals surface area contributed by atoms with Crippen LogP contribution in [-0.4, -0.2) is 31.2 Å². The minimum atomic E-state index is -0.505. The summed E-state index contributed by atoms with van der Waals surface area (Å²) in [7, 11) is 0. The molecule has 1 saturated carbocycles. The maximum atomic E-state index is 14.9. The van der Waals surface area contributed by atoms with Crippen LogP contribution in [0.15, 0.2) is 6.07 Å². The van der Waals surface area contributed by atoms with Crippen molar-refractivity contribution in [1.29, 1.82) is 0 Å². The number of anilines is 2. The number of rotatable bonds is 4. The molecule has 1 atom stereocenters. The molecular formula is C16H18FN3O3. The fourth-order valence-corrected chi connectivity index (χ4v) is 3.25. The van der Waals surface area contributed by atoms with E-state index in [0.717, 1.165) is 12.8 Å². The van der Waals surface area contributed by atoms with Crippen molar-refractivity contribution in [3.63, 3.8) is 0 Å². The molecule has 2 aliphatic heterocycles. The lowest BCUT2D eigenvalue weighted by Crippen LogP contribution is -2.28. The van der Waals surface area contributed by atoms with Crippen molar-refractivity contribution in [2.24, 2.45) is 11.7 Å². The number of halogens is 1. The summed E-state index contributed by atoms with van der Waals surface area (Å²) in [6.45, 7) is 0.542. The Hall–Kier alpha value is -2.15. The Morgan fingerprint density at radius 1 is 1.39 bits per heavy atom. The minimum Gasteiger partial charge on any atom is -0.443 e. The molecule has 0 bridgehead atoms. The van der Waals surface area contributed by atoms with E-state index in [2.05, 4.69) is 5.32 Å². The van der Waals surface area contributed by atoms with Crippen LogP contribution in [0.5, 0.6) is 0 Å². The number of hydrogen-bond acceptors (Lipinski definition) is 4. The van der Waals surface area contributed by atoms with Crippen LogP contribution in [0.4, 0.5) is 20.6 Å². The molecule has 0 spiro atoms. The molecule has 23 heavy (non-hydrogen) atoms. The summed E-state index contributed by atoms with van der Waals surface area (Å²) in [5.74, 6) is -0.196. The van der Waals surface area contributed by atoms with Crippen molar-refractivity contribution >= 4 is 23.4 Å². The van der Waals surface area contributed by atoms with Crippen LogP contribution in [0.1, 0.15) is 24.0 Å². The van der Waals surface area contributed by atoms with E-state index in [1.807, 2.05) is 0 Å². The molecule has 0 aromatic heterocycles. The molecule has 2 heterocycles. The topological polar surface area (TPSA) is 84.7 Å². The van der Waals surface area contributed by atoms with Gasteiger partial charge in [0.05, 0.1) is 24.3 Å². The van der Waals surface area contributed by atoms with Gasteiger partial charge in [-0.15, -0.1) is 0 Å². The van der Waals surface area contributed by atoms with Crippen LogP contribution in [0.2, 0.25) is 0 Å². The minimum absolute atomic E-state index is 0.131. The van der Waals surface area contributed by atoms with E-state index in [9.17, 15) is 14.0 Å². The summed E-state index contributed by atoms with van der Waals surface area (Å²) >= 11 is 0. The van der Waals surface area contributed by atoms with Gasteiger partial charge in [-0.05, 0) is 36.8 Å². The van der Waals surface area contributed by atoms with E-state index >= 15 is 0 Å². The molecule has 2 fully saturated rings. The van der Waals surface area contributed by atoms with Gasteiger partial charge in [0.1, 0.15) is 6.10 Å². The van der Waals surface area contributed by atoms with Crippen LogP contribution in [0.3, 0.4) is 0 Å². The maximum Gasteiger partial charge on any atom is 0.414 e. The molecule has 4 rings (SSSR count). The lowest BCUT2D eigenvalue weighted by molar-refractivity contribution is -0.115. The summed E-state index contributed by atoms with van der Waals surface area (Å²) in [6.07, 6.45) is 1.95. The number of carbonyl (C=O) groups excluding carboxylic acids is 2. The zero-order valence-corrected chi connectivity index (χ0v) is 12.6. The number of carbonyl (C=O) groups is 2. The Bertz CT molecular complexity index is 702. The fraction of sp³-hybridized carbons (Fsp3) is 0.500. The number of cyclic esters (lactones) is 1. The maximum absolute atomic E-state index is 14.9. The average molecular weight is 319 g/mol. The number of fused-ring (bicyclic) bond motifs is 1. The van der Waals surface area contributed by atoms with Gasteiger partial charge in [0.2, 0.25) is 5.91 Å². The highest BCUT2D eigenvalue weighted by Crippen LogP contribution is 2.41. The van der Waals surface area contributed by atoms with Gasteiger partial charge in [-0.2, -0.15) is 0 Å². The van der Waals surface area contributed by atoms with E-state index in [0.29, 0.717) is 35.7 Å². The highest BCUT2D eigenvalue weighted by Gasteiger charge is 2.37. The first kappa shape index (κ1) is 14.4. The predicted molar refractivity (Wildman–Crippen MR) is 81.8 cm³/mol. The molecular weight excluding hydrogens is 301 g/mol. The summed E-state index contributed by atoms with van der Waals surface area (Å²) in [5, 5.41) is 2.58. The normalized spacial score (nSPS) is 23.0. The molecule has 1 saturated heterocycles. The molecule has 0 unspecified atom stereocenters. The van der Waals surface area contributed by atoms with Crippen molar-refractivity contribution in [1.82, 2.24) is 0 Å². The number of benzene rings is 1. The molecule has 1 aliphatic carbocycles. The van der Waals surface area contributed by atoms with E-state index in [1.54, 1.807) is 6.07 Å². The molecule has 3 aliphatic rings. The molecule has 1 aromatic carbocycles. The summed E-state index contributed by atoms with van der Waals surface area (Å²) in [6, 6.07) is 1.74. The van der Waals surface area contributed by atoms with Gasteiger partial charge < -0.3 is 15.8 Å². The van der Waals surface area contributed by atoms with Gasteiger partial charge in [-0.25, -0.2) is 9.18 Å². The predicted octanol–water partition coefficient (Wildman–Crippen LogP) is 1.56. The second kappa shape index (κ2) is 5.19. The number of nitrogens with two attached hydrogens (primary N) is 1. The molecule has 7 heteroatoms. The lowest BCUT2D eigenvalue weighted by Gasteiger charge is -2.20. The molecule has 6 nitrogen and oxygen atoms in total. The first-order valence-corrected chi connectivity index (χ1v) is 7.89. The fourth-order valence-electron chi connectivity index (χ4n) is 3.25. The van der Waals surface area contributed by atoms with E-state index in [1.165, 1.54) is 4.90 Å². The van der Waals surface area contributed by atoms with Crippen molar-refractivity contribution < 1.29 is 18.7 Å². The van der Waals surface area contributed by atoms with Crippen LogP contribution < -0.4 is 16.0 Å². The number of nitrogens with one attached hydrogen (secondary N) is 1. The molecule has 0 radical (unpaired) electrons. The van der Waals surface area contributed by atoms with E-state index in [-0.39, 0.29) is 30.7 Å². The zero-order chi connectivity index (χ0) is 16.1. The van der Waals surface area contributed by atoms with Crippen LogP contribution >= 0.6 is 0 Å². The van der Waals surface area contributed by atoms with Gasteiger partial charge in [-0.3, -0.25) is 9.69 Å². The van der Waals surface area contributed by atoms with Gasteiger partial charge >= 0.3 is 6.09 Å². The molecule has 3 N–H and O–H groups in total. The van der Waals surface area contributed by atoms with Crippen molar-refractivity contribution in [3.05, 3.63) is 23.0 Å². The lowest BCUT2D eigenvalue weighted by atomic mass is 10.00. The van der Waals surface area contributed by atoms with Gasteiger partial charge in [0.25, 0.3) is 0 Å². The SMILES string of the molecule is NC[C@@H]1CN(c2cc3c(c(F)c2CC2CC2)NC(=O)C3)C(=O)O1. The van der Waals surface area contributed by atoms with Crippen LogP contribution in [0, 0.1) is 11.7 Å². The molecule has 122 valence electrons. The number of ether oxygens (including phenoxy) is 1. The Morgan fingerprint density at radius 3 is 2.83 bits per heavy atom. The summed E-state index contributed by atoms with van der Waals surface area (Å²) < 4.78 is 20.1. The first-order valence-electron chi connectivity index (χ1n) is 7.89. The summed E-state index contributed by atoms with van der Waals surface area (Å²) in [4.78, 5) is 25.2. The molecule has 2 amide bonds. The third kappa shape index (κ3) is 2.45. The number of nitrogens with zero attached hydrogens (tertiary/aromatic N) is 1. The van der Waals surface area contributed by atoms with Crippen LogP contribution in [-0.2, 0) is 22.4 Å². The monoisotopic (exact) mass is 319 g/mol. The third-order valence-electron chi connectivity index (χ3n) is 4.66. The average Bonchev–Trinajstić information content (AvgIpc) is 3.14. The highest BCUT2D eigenvalue weighted by atomic mass is 19.1. The number of amides is 2. The van der Waals surface area contributed by atoms with Gasteiger partial charge in [0, 0.05) is 12.1 Å². The standard InChI is InChI=1S/C16H18FN3O3/c17-14-11(3-8-1-2-8)12(4-9-5-13(21)19-15(9)14)20-7-10(6-18)23-16(20)22/h4,8,10H,1-3,5-7,18H2,(H,19,21)/t10-/m1/s1. The molecule has 1 aromatic rings. The van der Waals surface area contributed by atoms with Gasteiger partial charge in [-0.1, -0.05) is 0 Å². The highest BCUT2D eigenvalue weighted by molar-refractivity contribution is 6.01. The van der Waals surface area contributed by atoms with Crippen molar-refractivity contribution in [3.8, 4) is 0 Å². The zero-order valence-electron chi connectivity index (χ0n) is 12.6. The smallest absolute Gasteiger partial charge is 0.414 e. The third-order valence-corrected chi connectivity index (χ3v) is 4.66. The summed E-state index contributed by atoms with van der Waals surface area (Å²) in [5.41, 5.74) is 7.43.